The third-order valence-corrected chi connectivity index (χ3v) is 3.37. The molecule has 0 aliphatic carbocycles. The Morgan fingerprint density at radius 3 is 2.68 bits per heavy atom. The number of nitrogens with zero attached hydrogens (tertiary/aromatic N) is 2. The van der Waals surface area contributed by atoms with E-state index in [1.54, 1.807) is 12.3 Å². The number of imidazole rings is 1. The van der Waals surface area contributed by atoms with E-state index in [1.807, 2.05) is 54.8 Å². The number of hydrogen-bond donors (Lipinski definition) is 2. The first-order chi connectivity index (χ1) is 10.5. The predicted molar refractivity (Wildman–Crippen MR) is 87.6 cm³/mol. The highest BCUT2D eigenvalue weighted by molar-refractivity contribution is 5.94. The lowest BCUT2D eigenvalue weighted by Gasteiger charge is -2.08. The number of carbonyl (C=O) groups excluding carboxylic acids is 1. The molecule has 3 N–H and O–H groups in total. The number of hydrogen-bond acceptors (Lipinski definition) is 3. The van der Waals surface area contributed by atoms with E-state index in [2.05, 4.69) is 10.3 Å². The van der Waals surface area contributed by atoms with Gasteiger partial charge < -0.3 is 15.5 Å². The molecule has 0 bridgehead atoms. The Bertz CT molecular complexity index is 836. The van der Waals surface area contributed by atoms with Crippen molar-refractivity contribution in [1.82, 2.24) is 14.7 Å². The summed E-state index contributed by atoms with van der Waals surface area (Å²) in [5.41, 5.74) is 9.74. The van der Waals surface area contributed by atoms with Crippen molar-refractivity contribution >= 4 is 17.2 Å². The largest absolute Gasteiger partial charge is 0.398 e. The van der Waals surface area contributed by atoms with Gasteiger partial charge in [0.25, 0.3) is 5.91 Å². The molecule has 3 rings (SSSR count). The van der Waals surface area contributed by atoms with Crippen LogP contribution in [-0.2, 0) is 0 Å². The van der Waals surface area contributed by atoms with E-state index in [1.165, 1.54) is 0 Å². The molecule has 112 valence electrons. The maximum atomic E-state index is 12.1. The van der Waals surface area contributed by atoms with Gasteiger partial charge in [-0.1, -0.05) is 18.2 Å². The molecular weight excluding hydrogens is 276 g/mol. The lowest BCUT2D eigenvalue weighted by molar-refractivity contribution is 0.0942. The molecular formula is C17H18N4O. The summed E-state index contributed by atoms with van der Waals surface area (Å²) in [5, 5.41) is 2.88. The summed E-state index contributed by atoms with van der Waals surface area (Å²) in [6.07, 6.45) is 3.66. The smallest absolute Gasteiger partial charge is 0.252 e. The van der Waals surface area contributed by atoms with E-state index < -0.39 is 0 Å². The summed E-state index contributed by atoms with van der Waals surface area (Å²) in [6.45, 7) is 3.87. The summed E-state index contributed by atoms with van der Waals surface area (Å²) in [4.78, 5) is 16.6. The van der Waals surface area contributed by atoms with Crippen LogP contribution in [0.2, 0.25) is 0 Å². The van der Waals surface area contributed by atoms with E-state index in [0.29, 0.717) is 11.3 Å². The Kier molecular flexibility index (Phi) is 3.55. The van der Waals surface area contributed by atoms with Crippen LogP contribution in [0.15, 0.2) is 48.8 Å². The van der Waals surface area contributed by atoms with Crippen molar-refractivity contribution in [2.24, 2.45) is 0 Å². The lowest BCUT2D eigenvalue weighted by atomic mass is 10.1. The van der Waals surface area contributed by atoms with Crippen molar-refractivity contribution < 1.29 is 4.79 Å². The van der Waals surface area contributed by atoms with Crippen LogP contribution in [0.3, 0.4) is 0 Å². The maximum absolute atomic E-state index is 12.1. The zero-order chi connectivity index (χ0) is 15.7. The van der Waals surface area contributed by atoms with Crippen molar-refractivity contribution in [2.45, 2.75) is 19.9 Å². The Morgan fingerprint density at radius 2 is 1.95 bits per heavy atom. The Labute approximate surface area is 128 Å². The van der Waals surface area contributed by atoms with E-state index >= 15 is 0 Å². The van der Waals surface area contributed by atoms with Gasteiger partial charge in [-0.25, -0.2) is 4.98 Å². The SMILES string of the molecule is CC(C)NC(=O)c1ccc2nc(-c3ccccc3N)cn2c1. The number of amides is 1. The molecule has 0 atom stereocenters. The van der Waals surface area contributed by atoms with Gasteiger partial charge in [0.05, 0.1) is 11.3 Å². The number of benzene rings is 1. The van der Waals surface area contributed by atoms with Crippen molar-refractivity contribution in [3.63, 3.8) is 0 Å². The number of anilines is 1. The number of rotatable bonds is 3. The zero-order valence-corrected chi connectivity index (χ0v) is 12.6. The van der Waals surface area contributed by atoms with Gasteiger partial charge >= 0.3 is 0 Å². The molecule has 0 unspecified atom stereocenters. The standard InChI is InChI=1S/C17H18N4O/c1-11(2)19-17(22)12-7-8-16-20-15(10-21(16)9-12)13-5-3-4-6-14(13)18/h3-11H,18H2,1-2H3,(H,19,22). The number of carbonyl (C=O) groups is 1. The highest BCUT2D eigenvalue weighted by atomic mass is 16.1. The molecule has 0 aliphatic heterocycles. The predicted octanol–water partition coefficient (Wildman–Crippen LogP) is 2.72. The van der Waals surface area contributed by atoms with Gasteiger partial charge in [-0.2, -0.15) is 0 Å². The van der Waals surface area contributed by atoms with Crippen LogP contribution in [-0.4, -0.2) is 21.3 Å². The van der Waals surface area contributed by atoms with Crippen LogP contribution in [0.4, 0.5) is 5.69 Å². The molecule has 3 aromatic rings. The minimum absolute atomic E-state index is 0.0913. The monoisotopic (exact) mass is 294 g/mol. The molecule has 2 heterocycles. The summed E-state index contributed by atoms with van der Waals surface area (Å²) in [5.74, 6) is -0.0913. The first-order valence-corrected chi connectivity index (χ1v) is 7.19. The topological polar surface area (TPSA) is 72.4 Å². The number of para-hydroxylation sites is 1. The number of nitrogen functional groups attached to an aromatic ring is 1. The number of nitrogens with two attached hydrogens (primary N) is 1. The maximum Gasteiger partial charge on any atom is 0.252 e. The summed E-state index contributed by atoms with van der Waals surface area (Å²) in [7, 11) is 0. The van der Waals surface area contributed by atoms with Gasteiger partial charge in [0.2, 0.25) is 0 Å². The summed E-state index contributed by atoms with van der Waals surface area (Å²) >= 11 is 0. The van der Waals surface area contributed by atoms with E-state index in [0.717, 1.165) is 16.9 Å². The number of pyridine rings is 1. The molecule has 0 spiro atoms. The second kappa shape index (κ2) is 5.52. The molecule has 5 nitrogen and oxygen atoms in total. The number of fused-ring (bicyclic) bond motifs is 1. The average molecular weight is 294 g/mol. The third kappa shape index (κ3) is 2.65. The fourth-order valence-corrected chi connectivity index (χ4v) is 2.33. The molecule has 0 saturated carbocycles. The minimum Gasteiger partial charge on any atom is -0.398 e. The van der Waals surface area contributed by atoms with E-state index in [4.69, 9.17) is 5.73 Å². The van der Waals surface area contributed by atoms with Gasteiger partial charge in [-0.05, 0) is 32.0 Å². The Morgan fingerprint density at radius 1 is 1.18 bits per heavy atom. The third-order valence-electron chi connectivity index (χ3n) is 3.37. The van der Waals surface area contributed by atoms with Crippen LogP contribution < -0.4 is 11.1 Å². The van der Waals surface area contributed by atoms with Crippen LogP contribution in [0, 0.1) is 0 Å². The van der Waals surface area contributed by atoms with Gasteiger partial charge in [0.1, 0.15) is 5.65 Å². The van der Waals surface area contributed by atoms with Crippen LogP contribution >= 0.6 is 0 Å². The molecule has 5 heteroatoms. The van der Waals surface area contributed by atoms with Crippen molar-refractivity contribution in [3.05, 3.63) is 54.4 Å². The normalized spacial score (nSPS) is 11.0. The van der Waals surface area contributed by atoms with Gasteiger partial charge in [-0.3, -0.25) is 4.79 Å². The molecule has 1 aromatic carbocycles. The number of nitrogens with one attached hydrogen (secondary N) is 1. The van der Waals surface area contributed by atoms with Gasteiger partial charge in [0, 0.05) is 29.7 Å². The van der Waals surface area contributed by atoms with Crippen molar-refractivity contribution in [2.75, 3.05) is 5.73 Å². The molecule has 0 saturated heterocycles. The van der Waals surface area contributed by atoms with Crippen molar-refractivity contribution in [3.8, 4) is 11.3 Å². The molecule has 2 aromatic heterocycles. The zero-order valence-electron chi connectivity index (χ0n) is 12.6. The van der Waals surface area contributed by atoms with Gasteiger partial charge in [-0.15, -0.1) is 0 Å². The van der Waals surface area contributed by atoms with E-state index in [9.17, 15) is 4.79 Å². The van der Waals surface area contributed by atoms with E-state index in [-0.39, 0.29) is 11.9 Å². The van der Waals surface area contributed by atoms with Crippen LogP contribution in [0.1, 0.15) is 24.2 Å². The molecule has 1 amide bonds. The minimum atomic E-state index is -0.0913. The van der Waals surface area contributed by atoms with Crippen LogP contribution in [0.25, 0.3) is 16.9 Å². The highest BCUT2D eigenvalue weighted by Crippen LogP contribution is 2.25. The summed E-state index contributed by atoms with van der Waals surface area (Å²) in [6, 6.07) is 11.3. The first kappa shape index (κ1) is 14.1. The highest BCUT2D eigenvalue weighted by Gasteiger charge is 2.11. The Balaban J connectivity index is 2.01. The first-order valence-electron chi connectivity index (χ1n) is 7.19. The Hall–Kier alpha value is -2.82. The lowest BCUT2D eigenvalue weighted by Crippen LogP contribution is -2.30. The molecule has 0 aliphatic rings. The van der Waals surface area contributed by atoms with Crippen LogP contribution in [0.5, 0.6) is 0 Å². The average Bonchev–Trinajstić information content (AvgIpc) is 2.89. The fraction of sp³-hybridized carbons (Fsp3) is 0.176. The van der Waals surface area contributed by atoms with Crippen molar-refractivity contribution in [1.29, 1.82) is 0 Å². The second-order valence-corrected chi connectivity index (χ2v) is 5.52. The molecule has 22 heavy (non-hydrogen) atoms. The number of aromatic nitrogens is 2. The van der Waals surface area contributed by atoms with Gasteiger partial charge in [0.15, 0.2) is 0 Å². The second-order valence-electron chi connectivity index (χ2n) is 5.52. The molecule has 0 fully saturated rings. The molecule has 0 radical (unpaired) electrons. The fourth-order valence-electron chi connectivity index (χ4n) is 2.33. The quantitative estimate of drug-likeness (QED) is 0.729. The summed E-state index contributed by atoms with van der Waals surface area (Å²) < 4.78 is 1.84.